The van der Waals surface area contributed by atoms with Gasteiger partial charge in [0.15, 0.2) is 23.6 Å². The quantitative estimate of drug-likeness (QED) is 0.605. The fourth-order valence-electron chi connectivity index (χ4n) is 2.58. The van der Waals surface area contributed by atoms with E-state index in [1.807, 2.05) is 13.8 Å². The molecular formula is C18H28N4O6. The minimum Gasteiger partial charge on any atom is -0.505 e. The van der Waals surface area contributed by atoms with E-state index in [0.29, 0.717) is 6.61 Å². The first kappa shape index (κ1) is 23.0. The number of ether oxygens (including phenoxy) is 1. The molecule has 0 radical (unpaired) electrons. The van der Waals surface area contributed by atoms with Crippen LogP contribution >= 0.6 is 0 Å². The van der Waals surface area contributed by atoms with Gasteiger partial charge in [-0.2, -0.15) is 10.2 Å². The van der Waals surface area contributed by atoms with Gasteiger partial charge in [0.05, 0.1) is 31.4 Å². The van der Waals surface area contributed by atoms with Crippen molar-refractivity contribution in [2.75, 3.05) is 6.61 Å². The van der Waals surface area contributed by atoms with Crippen molar-refractivity contribution in [3.05, 3.63) is 24.8 Å². The van der Waals surface area contributed by atoms with Gasteiger partial charge in [0.1, 0.15) is 0 Å². The largest absolute Gasteiger partial charge is 0.505 e. The molecule has 0 aliphatic carbocycles. The molecule has 0 saturated carbocycles. The summed E-state index contributed by atoms with van der Waals surface area (Å²) in [6.07, 6.45) is 5.24. The third-order valence-electron chi connectivity index (χ3n) is 3.79. The van der Waals surface area contributed by atoms with E-state index in [2.05, 4.69) is 10.2 Å². The second-order valence-electron chi connectivity index (χ2n) is 6.83. The average Bonchev–Trinajstić information content (AvgIpc) is 3.16. The Bertz CT molecular complexity index is 768. The lowest BCUT2D eigenvalue weighted by Crippen LogP contribution is -2.26. The Morgan fingerprint density at radius 2 is 1.39 bits per heavy atom. The number of aromatic hydroxyl groups is 2. The molecule has 28 heavy (non-hydrogen) atoms. The van der Waals surface area contributed by atoms with Gasteiger partial charge >= 0.3 is 11.9 Å². The number of nitrogens with zero attached hydrogens (tertiary/aromatic N) is 4. The molecule has 0 aliphatic heterocycles. The molecule has 2 aromatic heterocycles. The summed E-state index contributed by atoms with van der Waals surface area (Å²) in [5.41, 5.74) is 0. The summed E-state index contributed by atoms with van der Waals surface area (Å²) >= 11 is 0. The molecule has 2 atom stereocenters. The molecular weight excluding hydrogens is 368 g/mol. The fourth-order valence-corrected chi connectivity index (χ4v) is 2.58. The first-order valence-corrected chi connectivity index (χ1v) is 8.94. The Hall–Kier alpha value is -3.04. The summed E-state index contributed by atoms with van der Waals surface area (Å²) < 4.78 is 7.63. The van der Waals surface area contributed by atoms with Crippen molar-refractivity contribution in [3.63, 3.8) is 0 Å². The number of rotatable bonds is 7. The average molecular weight is 396 g/mol. The summed E-state index contributed by atoms with van der Waals surface area (Å²) in [6, 6.07) is -1.20. The van der Waals surface area contributed by atoms with Crippen molar-refractivity contribution in [2.45, 2.75) is 46.7 Å². The number of aliphatic carboxylic acids is 1. The van der Waals surface area contributed by atoms with Crippen LogP contribution in [-0.4, -0.2) is 53.4 Å². The van der Waals surface area contributed by atoms with Gasteiger partial charge in [-0.25, -0.2) is 9.59 Å². The van der Waals surface area contributed by atoms with Gasteiger partial charge in [0.25, 0.3) is 0 Å². The molecule has 0 amide bonds. The molecule has 2 rings (SSSR count). The Kier molecular flexibility index (Phi) is 8.49. The van der Waals surface area contributed by atoms with E-state index in [9.17, 15) is 9.59 Å². The van der Waals surface area contributed by atoms with Crippen molar-refractivity contribution in [1.82, 2.24) is 19.6 Å². The fraction of sp³-hybridized carbons (Fsp3) is 0.556. The highest BCUT2D eigenvalue weighted by atomic mass is 16.5. The molecule has 10 nitrogen and oxygen atoms in total. The number of aromatic nitrogens is 4. The molecule has 0 aromatic carbocycles. The van der Waals surface area contributed by atoms with Gasteiger partial charge in [0.2, 0.25) is 0 Å². The number of carboxylic acids is 1. The minimum atomic E-state index is -0.946. The van der Waals surface area contributed by atoms with E-state index >= 15 is 0 Å². The third kappa shape index (κ3) is 6.29. The van der Waals surface area contributed by atoms with Gasteiger partial charge in [-0.3, -0.25) is 9.36 Å². The highest BCUT2D eigenvalue weighted by molar-refractivity contribution is 5.74. The SMILES string of the molecule is CC(C)C(C(=O)O)n1cc(O)cn1.CCOC(=O)C(C(C)C)n1cc(O)cn1. The molecule has 0 bridgehead atoms. The van der Waals surface area contributed by atoms with Crippen LogP contribution < -0.4 is 0 Å². The Morgan fingerprint density at radius 3 is 1.68 bits per heavy atom. The number of carboxylic acid groups (broad SMARTS) is 1. The molecule has 10 heteroatoms. The zero-order valence-corrected chi connectivity index (χ0v) is 16.7. The Balaban J connectivity index is 0.000000283. The first-order chi connectivity index (χ1) is 13.1. The third-order valence-corrected chi connectivity index (χ3v) is 3.79. The lowest BCUT2D eigenvalue weighted by atomic mass is 10.1. The van der Waals surface area contributed by atoms with Crippen molar-refractivity contribution in [2.24, 2.45) is 11.8 Å². The van der Waals surface area contributed by atoms with E-state index < -0.39 is 18.1 Å². The predicted molar refractivity (Wildman–Crippen MR) is 99.8 cm³/mol. The Labute approximate surface area is 163 Å². The Morgan fingerprint density at radius 1 is 0.964 bits per heavy atom. The maximum atomic E-state index is 11.6. The number of carbonyl (C=O) groups excluding carboxylic acids is 1. The summed E-state index contributed by atoms with van der Waals surface area (Å²) in [5.74, 6) is -1.26. The molecule has 156 valence electrons. The van der Waals surface area contributed by atoms with Crippen LogP contribution in [0.4, 0.5) is 0 Å². The second-order valence-corrected chi connectivity index (χ2v) is 6.83. The molecule has 2 aromatic rings. The molecule has 2 heterocycles. The van der Waals surface area contributed by atoms with Crippen LogP contribution in [0.25, 0.3) is 0 Å². The molecule has 0 spiro atoms. The van der Waals surface area contributed by atoms with Gasteiger partial charge in [-0.1, -0.05) is 27.7 Å². The zero-order chi connectivity index (χ0) is 21.4. The van der Waals surface area contributed by atoms with Crippen LogP contribution in [0.1, 0.15) is 46.7 Å². The van der Waals surface area contributed by atoms with Gasteiger partial charge in [0, 0.05) is 0 Å². The maximum Gasteiger partial charge on any atom is 0.331 e. The number of hydrogen-bond acceptors (Lipinski definition) is 7. The summed E-state index contributed by atoms with van der Waals surface area (Å²) in [4.78, 5) is 22.4. The maximum absolute atomic E-state index is 11.6. The molecule has 3 N–H and O–H groups in total. The lowest BCUT2D eigenvalue weighted by molar-refractivity contribution is -0.149. The van der Waals surface area contributed by atoms with E-state index in [1.165, 1.54) is 34.2 Å². The normalized spacial score (nSPS) is 13.0. The molecule has 0 fully saturated rings. The minimum absolute atomic E-state index is 0.0214. The highest BCUT2D eigenvalue weighted by Gasteiger charge is 2.26. The predicted octanol–water partition coefficient (Wildman–Crippen LogP) is 2.22. The smallest absolute Gasteiger partial charge is 0.331 e. The number of carbonyl (C=O) groups is 2. The van der Waals surface area contributed by atoms with E-state index in [0.717, 1.165) is 0 Å². The monoisotopic (exact) mass is 396 g/mol. The molecule has 0 aliphatic rings. The standard InChI is InChI=1S/C10H16N2O3.C8H12N2O3/c1-4-15-10(14)9(7(2)3)12-6-8(13)5-11-12;1-5(2)7(8(12)13)10-4-6(11)3-9-10/h5-7,9,13H,4H2,1-3H3;3-5,7,11H,1-2H3,(H,12,13). The van der Waals surface area contributed by atoms with E-state index in [4.69, 9.17) is 20.1 Å². The van der Waals surface area contributed by atoms with Crippen molar-refractivity contribution >= 4 is 11.9 Å². The van der Waals surface area contributed by atoms with Crippen molar-refractivity contribution < 1.29 is 29.6 Å². The summed E-state index contributed by atoms with van der Waals surface area (Å²) in [7, 11) is 0. The van der Waals surface area contributed by atoms with Gasteiger partial charge in [-0.15, -0.1) is 0 Å². The molecule has 0 saturated heterocycles. The van der Waals surface area contributed by atoms with Crippen LogP contribution in [0.2, 0.25) is 0 Å². The second kappa shape index (κ2) is 10.3. The van der Waals surface area contributed by atoms with Crippen LogP contribution in [-0.2, 0) is 14.3 Å². The first-order valence-electron chi connectivity index (χ1n) is 8.94. The number of hydrogen-bond donors (Lipinski definition) is 3. The van der Waals surface area contributed by atoms with Crippen LogP contribution in [0.15, 0.2) is 24.8 Å². The van der Waals surface area contributed by atoms with E-state index in [1.54, 1.807) is 20.8 Å². The van der Waals surface area contributed by atoms with E-state index in [-0.39, 0.29) is 29.3 Å². The van der Waals surface area contributed by atoms with Crippen molar-refractivity contribution in [1.29, 1.82) is 0 Å². The van der Waals surface area contributed by atoms with Crippen molar-refractivity contribution in [3.8, 4) is 11.5 Å². The lowest BCUT2D eigenvalue weighted by Gasteiger charge is -2.19. The van der Waals surface area contributed by atoms with Crippen LogP contribution in [0.5, 0.6) is 11.5 Å². The van der Waals surface area contributed by atoms with Gasteiger partial charge < -0.3 is 20.1 Å². The summed E-state index contributed by atoms with van der Waals surface area (Å²) in [6.45, 7) is 9.49. The van der Waals surface area contributed by atoms with Crippen LogP contribution in [0, 0.1) is 11.8 Å². The zero-order valence-electron chi connectivity index (χ0n) is 16.7. The van der Waals surface area contributed by atoms with Crippen LogP contribution in [0.3, 0.4) is 0 Å². The summed E-state index contributed by atoms with van der Waals surface area (Å²) in [5, 5.41) is 34.7. The molecule has 2 unspecified atom stereocenters. The van der Waals surface area contributed by atoms with Gasteiger partial charge in [-0.05, 0) is 18.8 Å². The number of esters is 1. The topological polar surface area (TPSA) is 140 Å². The highest BCUT2D eigenvalue weighted by Crippen LogP contribution is 2.21.